The van der Waals surface area contributed by atoms with E-state index in [1.165, 1.54) is 0 Å². The van der Waals surface area contributed by atoms with Gasteiger partial charge in [-0.25, -0.2) is 4.98 Å². The van der Waals surface area contributed by atoms with Gasteiger partial charge in [0.1, 0.15) is 5.15 Å². The summed E-state index contributed by atoms with van der Waals surface area (Å²) >= 11 is 5.77. The molecule has 0 aliphatic carbocycles. The number of halogens is 1. The fourth-order valence-corrected chi connectivity index (χ4v) is 1.87. The maximum Gasteiger partial charge on any atom is 0.227 e. The van der Waals surface area contributed by atoms with E-state index in [0.29, 0.717) is 18.1 Å². The predicted octanol–water partition coefficient (Wildman–Crippen LogP) is 2.27. The molecule has 1 aromatic rings. The van der Waals surface area contributed by atoms with Crippen LogP contribution < -0.4 is 4.90 Å². The highest BCUT2D eigenvalue weighted by Crippen LogP contribution is 2.26. The lowest BCUT2D eigenvalue weighted by atomic mass is 10.1. The largest absolute Gasteiger partial charge is 0.312 e. The zero-order valence-electron chi connectivity index (χ0n) is 8.19. The summed E-state index contributed by atoms with van der Waals surface area (Å²) < 4.78 is 0. The third kappa shape index (κ3) is 2.02. The van der Waals surface area contributed by atoms with Crippen molar-refractivity contribution in [2.75, 3.05) is 11.4 Å². The molecule has 0 saturated carbocycles. The standard InChI is InChI=1S/C11H11ClN2O/c1-2-8-5-11(15)14(7-8)9-3-4-13-10(12)6-9/h2-4,6,8H,1,5,7H2. The van der Waals surface area contributed by atoms with E-state index in [4.69, 9.17) is 11.6 Å². The zero-order valence-corrected chi connectivity index (χ0v) is 8.94. The minimum Gasteiger partial charge on any atom is -0.312 e. The van der Waals surface area contributed by atoms with Gasteiger partial charge < -0.3 is 4.90 Å². The van der Waals surface area contributed by atoms with E-state index in [0.717, 1.165) is 5.69 Å². The molecule has 1 fully saturated rings. The molecule has 0 spiro atoms. The molecule has 2 rings (SSSR count). The first-order chi connectivity index (χ1) is 7.20. The second kappa shape index (κ2) is 4.03. The van der Waals surface area contributed by atoms with Gasteiger partial charge in [-0.1, -0.05) is 17.7 Å². The van der Waals surface area contributed by atoms with Crippen molar-refractivity contribution in [3.63, 3.8) is 0 Å². The molecule has 1 aromatic heterocycles. The van der Waals surface area contributed by atoms with E-state index in [1.807, 2.05) is 6.08 Å². The van der Waals surface area contributed by atoms with Crippen molar-refractivity contribution in [2.24, 2.45) is 5.92 Å². The van der Waals surface area contributed by atoms with Gasteiger partial charge in [0.05, 0.1) is 0 Å². The van der Waals surface area contributed by atoms with Crippen LogP contribution in [0.4, 0.5) is 5.69 Å². The van der Waals surface area contributed by atoms with Gasteiger partial charge >= 0.3 is 0 Å². The SMILES string of the molecule is C=CC1CC(=O)N(c2ccnc(Cl)c2)C1. The molecule has 0 aromatic carbocycles. The first-order valence-electron chi connectivity index (χ1n) is 4.75. The molecular weight excluding hydrogens is 212 g/mol. The van der Waals surface area contributed by atoms with Crippen molar-refractivity contribution in [3.05, 3.63) is 36.1 Å². The molecule has 4 heteroatoms. The van der Waals surface area contributed by atoms with Gasteiger partial charge in [-0.2, -0.15) is 0 Å². The van der Waals surface area contributed by atoms with Crippen LogP contribution in [0.5, 0.6) is 0 Å². The van der Waals surface area contributed by atoms with Gasteiger partial charge in [0.15, 0.2) is 0 Å². The number of aromatic nitrogens is 1. The number of rotatable bonds is 2. The van der Waals surface area contributed by atoms with E-state index < -0.39 is 0 Å². The van der Waals surface area contributed by atoms with Gasteiger partial charge in [0, 0.05) is 30.8 Å². The minimum atomic E-state index is 0.113. The first kappa shape index (κ1) is 10.2. The predicted molar refractivity (Wildman–Crippen MR) is 59.9 cm³/mol. The Morgan fingerprint density at radius 2 is 2.47 bits per heavy atom. The Morgan fingerprint density at radius 3 is 3.07 bits per heavy atom. The van der Waals surface area contributed by atoms with Crippen LogP contribution in [0.2, 0.25) is 5.15 Å². The third-order valence-corrected chi connectivity index (χ3v) is 2.72. The Balaban J connectivity index is 2.25. The molecule has 1 amide bonds. The molecule has 0 radical (unpaired) electrons. The molecule has 0 N–H and O–H groups in total. The lowest BCUT2D eigenvalue weighted by molar-refractivity contribution is -0.117. The molecule has 1 unspecified atom stereocenters. The van der Waals surface area contributed by atoms with Gasteiger partial charge in [0.2, 0.25) is 5.91 Å². The third-order valence-electron chi connectivity index (χ3n) is 2.51. The molecule has 0 bridgehead atoms. The van der Waals surface area contributed by atoms with Gasteiger partial charge in [-0.15, -0.1) is 6.58 Å². The quantitative estimate of drug-likeness (QED) is 0.568. The minimum absolute atomic E-state index is 0.113. The molecule has 1 saturated heterocycles. The van der Waals surface area contributed by atoms with Crippen molar-refractivity contribution in [3.8, 4) is 0 Å². The fraction of sp³-hybridized carbons (Fsp3) is 0.273. The molecule has 1 aliphatic rings. The van der Waals surface area contributed by atoms with Crippen molar-refractivity contribution in [1.82, 2.24) is 4.98 Å². The maximum absolute atomic E-state index is 11.7. The smallest absolute Gasteiger partial charge is 0.227 e. The number of pyridine rings is 1. The summed E-state index contributed by atoms with van der Waals surface area (Å²) in [4.78, 5) is 17.3. The van der Waals surface area contributed by atoms with Crippen molar-refractivity contribution in [1.29, 1.82) is 0 Å². The summed E-state index contributed by atoms with van der Waals surface area (Å²) in [6.45, 7) is 4.39. The van der Waals surface area contributed by atoms with E-state index in [2.05, 4.69) is 11.6 Å². The molecular formula is C11H11ClN2O. The number of hydrogen-bond acceptors (Lipinski definition) is 2. The van der Waals surface area contributed by atoms with Crippen molar-refractivity contribution >= 4 is 23.2 Å². The highest BCUT2D eigenvalue weighted by atomic mass is 35.5. The first-order valence-corrected chi connectivity index (χ1v) is 5.13. The molecule has 15 heavy (non-hydrogen) atoms. The maximum atomic E-state index is 11.7. The molecule has 1 aliphatic heterocycles. The van der Waals surface area contributed by atoms with Gasteiger partial charge in [-0.05, 0) is 12.1 Å². The highest BCUT2D eigenvalue weighted by molar-refractivity contribution is 6.29. The number of amides is 1. The normalized spacial score (nSPS) is 20.7. The van der Waals surface area contributed by atoms with Crippen LogP contribution in [-0.2, 0) is 4.79 Å². The van der Waals surface area contributed by atoms with Crippen LogP contribution in [0.1, 0.15) is 6.42 Å². The summed E-state index contributed by atoms with van der Waals surface area (Å²) in [6.07, 6.45) is 3.95. The molecule has 3 nitrogen and oxygen atoms in total. The number of carbonyl (C=O) groups is 1. The Labute approximate surface area is 93.4 Å². The van der Waals surface area contributed by atoms with Crippen LogP contribution in [-0.4, -0.2) is 17.4 Å². The summed E-state index contributed by atoms with van der Waals surface area (Å²) in [5.74, 6) is 0.353. The average Bonchev–Trinajstić information content (AvgIpc) is 2.60. The molecule has 2 heterocycles. The van der Waals surface area contributed by atoms with Crippen LogP contribution >= 0.6 is 11.6 Å². The topological polar surface area (TPSA) is 33.2 Å². The Hall–Kier alpha value is -1.35. The number of hydrogen-bond donors (Lipinski definition) is 0. The average molecular weight is 223 g/mol. The molecule has 78 valence electrons. The number of carbonyl (C=O) groups excluding carboxylic acids is 1. The van der Waals surface area contributed by atoms with Crippen molar-refractivity contribution < 1.29 is 4.79 Å². The van der Waals surface area contributed by atoms with Gasteiger partial charge in [-0.3, -0.25) is 4.79 Å². The summed E-state index contributed by atoms with van der Waals surface area (Å²) in [6, 6.07) is 3.49. The summed E-state index contributed by atoms with van der Waals surface area (Å²) in [5.41, 5.74) is 0.810. The number of nitrogens with zero attached hydrogens (tertiary/aromatic N) is 2. The summed E-state index contributed by atoms with van der Waals surface area (Å²) in [7, 11) is 0. The highest BCUT2D eigenvalue weighted by Gasteiger charge is 2.28. The van der Waals surface area contributed by atoms with Gasteiger partial charge in [0.25, 0.3) is 0 Å². The number of anilines is 1. The molecule has 1 atom stereocenters. The van der Waals surface area contributed by atoms with E-state index in [9.17, 15) is 4.79 Å². The second-order valence-electron chi connectivity index (χ2n) is 3.54. The Morgan fingerprint density at radius 1 is 1.67 bits per heavy atom. The lowest BCUT2D eigenvalue weighted by Gasteiger charge is -2.15. The Bertz CT molecular complexity index is 405. The van der Waals surface area contributed by atoms with Crippen LogP contribution in [0.25, 0.3) is 0 Å². The van der Waals surface area contributed by atoms with Crippen LogP contribution in [0.15, 0.2) is 31.0 Å². The lowest BCUT2D eigenvalue weighted by Crippen LogP contribution is -2.24. The monoisotopic (exact) mass is 222 g/mol. The van der Waals surface area contributed by atoms with E-state index in [1.54, 1.807) is 23.2 Å². The van der Waals surface area contributed by atoms with E-state index in [-0.39, 0.29) is 11.8 Å². The van der Waals surface area contributed by atoms with E-state index >= 15 is 0 Å². The second-order valence-corrected chi connectivity index (χ2v) is 3.93. The van der Waals surface area contributed by atoms with Crippen molar-refractivity contribution in [2.45, 2.75) is 6.42 Å². The fourth-order valence-electron chi connectivity index (χ4n) is 1.70. The van der Waals surface area contributed by atoms with Crippen LogP contribution in [0, 0.1) is 5.92 Å². The van der Waals surface area contributed by atoms with Crippen LogP contribution in [0.3, 0.4) is 0 Å². The summed E-state index contributed by atoms with van der Waals surface area (Å²) in [5, 5.41) is 0.405. The zero-order chi connectivity index (χ0) is 10.8. The Kier molecular flexibility index (Phi) is 2.73.